The molecule has 17 heavy (non-hydrogen) atoms. The lowest BCUT2D eigenvalue weighted by molar-refractivity contribution is 0.520. The van der Waals surface area contributed by atoms with Crippen LogP contribution in [0.3, 0.4) is 0 Å². The summed E-state index contributed by atoms with van der Waals surface area (Å²) in [6.07, 6.45) is 11.0. The molecule has 0 spiro atoms. The second kappa shape index (κ2) is 10.8. The van der Waals surface area contributed by atoms with Gasteiger partial charge in [0.25, 0.3) is 0 Å². The summed E-state index contributed by atoms with van der Waals surface area (Å²) in [4.78, 5) is 1.54. The SMILES string of the molecule is C1CCNCC1.CCCCCCc1cccs1. The highest BCUT2D eigenvalue weighted by molar-refractivity contribution is 7.09. The number of hydrogen-bond donors (Lipinski definition) is 1. The molecule has 1 aliphatic rings. The zero-order valence-electron chi connectivity index (χ0n) is 11.2. The summed E-state index contributed by atoms with van der Waals surface area (Å²) >= 11 is 1.88. The second-order valence-electron chi connectivity index (χ2n) is 4.70. The number of aryl methyl sites for hydroxylation is 1. The zero-order chi connectivity index (χ0) is 12.2. The monoisotopic (exact) mass is 253 g/mol. The third kappa shape index (κ3) is 8.39. The van der Waals surface area contributed by atoms with Gasteiger partial charge in [0.15, 0.2) is 0 Å². The van der Waals surface area contributed by atoms with Gasteiger partial charge in [-0.25, -0.2) is 0 Å². The van der Waals surface area contributed by atoms with E-state index < -0.39 is 0 Å². The highest BCUT2D eigenvalue weighted by Crippen LogP contribution is 2.12. The van der Waals surface area contributed by atoms with Gasteiger partial charge in [-0.15, -0.1) is 11.3 Å². The first kappa shape index (κ1) is 14.7. The van der Waals surface area contributed by atoms with Crippen LogP contribution in [0.2, 0.25) is 0 Å². The summed E-state index contributed by atoms with van der Waals surface area (Å²) < 4.78 is 0. The van der Waals surface area contributed by atoms with E-state index in [1.807, 2.05) is 11.3 Å². The summed E-state index contributed by atoms with van der Waals surface area (Å²) in [6.45, 7) is 4.76. The van der Waals surface area contributed by atoms with E-state index in [1.54, 1.807) is 4.88 Å². The van der Waals surface area contributed by atoms with Gasteiger partial charge in [-0.1, -0.05) is 38.7 Å². The number of hydrogen-bond acceptors (Lipinski definition) is 2. The average molecular weight is 253 g/mol. The highest BCUT2D eigenvalue weighted by Gasteiger charge is 1.94. The van der Waals surface area contributed by atoms with E-state index in [0.717, 1.165) is 0 Å². The van der Waals surface area contributed by atoms with Gasteiger partial charge in [0.1, 0.15) is 0 Å². The number of nitrogens with one attached hydrogen (secondary N) is 1. The molecule has 1 nitrogen and oxygen atoms in total. The molecule has 1 N–H and O–H groups in total. The molecule has 98 valence electrons. The Morgan fingerprint density at radius 3 is 2.41 bits per heavy atom. The molecule has 1 saturated heterocycles. The van der Waals surface area contributed by atoms with Gasteiger partial charge in [-0.3, -0.25) is 0 Å². The number of piperidine rings is 1. The van der Waals surface area contributed by atoms with Crippen LogP contribution in [0.4, 0.5) is 0 Å². The van der Waals surface area contributed by atoms with Gasteiger partial charge in [0.05, 0.1) is 0 Å². The zero-order valence-corrected chi connectivity index (χ0v) is 12.0. The minimum Gasteiger partial charge on any atom is -0.317 e. The summed E-state index contributed by atoms with van der Waals surface area (Å²) in [7, 11) is 0. The molecule has 0 unspecified atom stereocenters. The maximum absolute atomic E-state index is 3.28. The van der Waals surface area contributed by atoms with E-state index in [0.29, 0.717) is 0 Å². The minimum atomic E-state index is 1.25. The number of thiophene rings is 1. The van der Waals surface area contributed by atoms with Gasteiger partial charge in [0, 0.05) is 4.88 Å². The molecule has 2 heterocycles. The van der Waals surface area contributed by atoms with E-state index in [-0.39, 0.29) is 0 Å². The Kier molecular flexibility index (Phi) is 9.34. The first-order valence-corrected chi connectivity index (χ1v) is 8.04. The van der Waals surface area contributed by atoms with E-state index in [9.17, 15) is 0 Å². The lowest BCUT2D eigenvalue weighted by Crippen LogP contribution is -2.21. The molecule has 0 bridgehead atoms. The molecular weight excluding hydrogens is 226 g/mol. The molecule has 0 aliphatic carbocycles. The summed E-state index contributed by atoms with van der Waals surface area (Å²) in [5.74, 6) is 0. The average Bonchev–Trinajstić information content (AvgIpc) is 2.91. The third-order valence-corrected chi connectivity index (χ3v) is 4.00. The third-order valence-electron chi connectivity index (χ3n) is 3.06. The van der Waals surface area contributed by atoms with Crippen molar-refractivity contribution in [3.8, 4) is 0 Å². The Morgan fingerprint density at radius 2 is 1.94 bits per heavy atom. The van der Waals surface area contributed by atoms with Gasteiger partial charge >= 0.3 is 0 Å². The van der Waals surface area contributed by atoms with Gasteiger partial charge in [-0.2, -0.15) is 0 Å². The van der Waals surface area contributed by atoms with Gasteiger partial charge in [-0.05, 0) is 50.2 Å². The standard InChI is InChI=1S/C10H16S.C5H11N/c1-2-3-4-5-7-10-8-6-9-11-10;1-2-4-6-5-3-1/h6,8-9H,2-5,7H2,1H3;6H,1-5H2. The minimum absolute atomic E-state index is 1.25. The quantitative estimate of drug-likeness (QED) is 0.754. The second-order valence-corrected chi connectivity index (χ2v) is 5.73. The predicted molar refractivity (Wildman–Crippen MR) is 78.9 cm³/mol. The first-order valence-electron chi connectivity index (χ1n) is 7.16. The molecular formula is C15H27NS. The summed E-state index contributed by atoms with van der Waals surface area (Å²) in [6, 6.07) is 4.37. The molecule has 1 aromatic rings. The molecule has 1 aromatic heterocycles. The molecule has 2 heteroatoms. The van der Waals surface area contributed by atoms with Crippen LogP contribution in [0.5, 0.6) is 0 Å². The molecule has 2 rings (SSSR count). The van der Waals surface area contributed by atoms with Crippen LogP contribution in [-0.4, -0.2) is 13.1 Å². The Labute approximate surface area is 111 Å². The molecule has 0 saturated carbocycles. The Hall–Kier alpha value is -0.340. The van der Waals surface area contributed by atoms with Gasteiger partial charge in [0.2, 0.25) is 0 Å². The maximum atomic E-state index is 3.28. The topological polar surface area (TPSA) is 12.0 Å². The number of unbranched alkanes of at least 4 members (excludes halogenated alkanes) is 3. The molecule has 0 aromatic carbocycles. The normalized spacial score (nSPS) is 15.1. The Morgan fingerprint density at radius 1 is 1.12 bits per heavy atom. The fourth-order valence-corrected chi connectivity index (χ4v) is 2.73. The highest BCUT2D eigenvalue weighted by atomic mass is 32.1. The van der Waals surface area contributed by atoms with Crippen molar-refractivity contribution in [1.82, 2.24) is 5.32 Å². The van der Waals surface area contributed by atoms with Crippen molar-refractivity contribution >= 4 is 11.3 Å². The van der Waals surface area contributed by atoms with Crippen LogP contribution < -0.4 is 5.32 Å². The molecule has 0 atom stereocenters. The lowest BCUT2D eigenvalue weighted by Gasteiger charge is -2.08. The van der Waals surface area contributed by atoms with E-state index in [4.69, 9.17) is 0 Å². The van der Waals surface area contributed by atoms with Crippen molar-refractivity contribution in [1.29, 1.82) is 0 Å². The van der Waals surface area contributed by atoms with Crippen LogP contribution >= 0.6 is 11.3 Å². The fourth-order valence-electron chi connectivity index (χ4n) is 1.98. The van der Waals surface area contributed by atoms with Crippen molar-refractivity contribution in [2.45, 2.75) is 58.3 Å². The summed E-state index contributed by atoms with van der Waals surface area (Å²) in [5, 5.41) is 5.45. The lowest BCUT2D eigenvalue weighted by atomic mass is 10.1. The van der Waals surface area contributed by atoms with Gasteiger partial charge < -0.3 is 5.32 Å². The van der Waals surface area contributed by atoms with Crippen LogP contribution in [0, 0.1) is 0 Å². The smallest absolute Gasteiger partial charge is 0.00452 e. The maximum Gasteiger partial charge on any atom is 0.00452 e. The fraction of sp³-hybridized carbons (Fsp3) is 0.733. The van der Waals surface area contributed by atoms with Crippen molar-refractivity contribution < 1.29 is 0 Å². The van der Waals surface area contributed by atoms with E-state index >= 15 is 0 Å². The first-order chi connectivity index (χ1) is 8.43. The Balaban J connectivity index is 0.000000202. The van der Waals surface area contributed by atoms with Crippen LogP contribution in [0.25, 0.3) is 0 Å². The summed E-state index contributed by atoms with van der Waals surface area (Å²) in [5.41, 5.74) is 0. The van der Waals surface area contributed by atoms with Crippen LogP contribution in [-0.2, 0) is 6.42 Å². The van der Waals surface area contributed by atoms with E-state index in [1.165, 1.54) is 64.5 Å². The predicted octanol–water partition coefficient (Wildman–Crippen LogP) is 4.63. The molecule has 1 aliphatic heterocycles. The molecule has 1 fully saturated rings. The molecule has 0 amide bonds. The largest absolute Gasteiger partial charge is 0.317 e. The van der Waals surface area contributed by atoms with Crippen molar-refractivity contribution in [2.24, 2.45) is 0 Å². The van der Waals surface area contributed by atoms with Crippen molar-refractivity contribution in [3.05, 3.63) is 22.4 Å². The van der Waals surface area contributed by atoms with Crippen molar-refractivity contribution in [2.75, 3.05) is 13.1 Å². The Bertz CT molecular complexity index is 228. The number of rotatable bonds is 5. The van der Waals surface area contributed by atoms with Crippen molar-refractivity contribution in [3.63, 3.8) is 0 Å². The van der Waals surface area contributed by atoms with Crippen LogP contribution in [0.15, 0.2) is 17.5 Å². The van der Waals surface area contributed by atoms with E-state index in [2.05, 4.69) is 29.8 Å². The van der Waals surface area contributed by atoms with Crippen LogP contribution in [0.1, 0.15) is 56.7 Å². The molecule has 0 radical (unpaired) electrons.